The summed E-state index contributed by atoms with van der Waals surface area (Å²) in [6, 6.07) is 0. The number of carbonyl (C=O) groups excluding carboxylic acids is 4. The number of rotatable bonds is 13. The van der Waals surface area contributed by atoms with Crippen LogP contribution >= 0.6 is 0 Å². The predicted molar refractivity (Wildman–Crippen MR) is 91.9 cm³/mol. The van der Waals surface area contributed by atoms with E-state index in [-0.39, 0.29) is 39.3 Å². The molecule has 0 unspecified atom stereocenters. The van der Waals surface area contributed by atoms with E-state index in [0.717, 1.165) is 0 Å². The Morgan fingerprint density at radius 2 is 0.962 bits per heavy atom. The first-order chi connectivity index (χ1) is 12.5. The van der Waals surface area contributed by atoms with Crippen molar-refractivity contribution in [3.63, 3.8) is 0 Å². The smallest absolute Gasteiger partial charge is 0.330 e. The summed E-state index contributed by atoms with van der Waals surface area (Å²) in [6.07, 6.45) is 6.31. The van der Waals surface area contributed by atoms with Crippen molar-refractivity contribution in [2.75, 3.05) is 26.4 Å². The third-order valence-corrected chi connectivity index (χ3v) is 2.73. The van der Waals surface area contributed by atoms with E-state index in [9.17, 15) is 19.2 Å². The molecule has 0 fully saturated rings. The molecule has 8 nitrogen and oxygen atoms in total. The molecule has 0 N–H and O–H groups in total. The van der Waals surface area contributed by atoms with Gasteiger partial charge in [0.25, 0.3) is 0 Å². The van der Waals surface area contributed by atoms with E-state index in [2.05, 4.69) is 0 Å². The van der Waals surface area contributed by atoms with E-state index >= 15 is 0 Å². The summed E-state index contributed by atoms with van der Waals surface area (Å²) >= 11 is 0. The first-order valence-electron chi connectivity index (χ1n) is 8.39. The molecular weight excluding hydrogens is 344 g/mol. The molecule has 0 aliphatic rings. The lowest BCUT2D eigenvalue weighted by Crippen LogP contribution is -2.13. The summed E-state index contributed by atoms with van der Waals surface area (Å²) < 4.78 is 19.5. The molecule has 0 aliphatic heterocycles. The highest BCUT2D eigenvalue weighted by molar-refractivity contribution is 5.82. The zero-order chi connectivity index (χ0) is 19.6. The van der Waals surface area contributed by atoms with Crippen molar-refractivity contribution >= 4 is 23.9 Å². The molecule has 0 atom stereocenters. The van der Waals surface area contributed by atoms with Gasteiger partial charge in [-0.3, -0.25) is 9.59 Å². The Bertz CT molecular complexity index is 461. The van der Waals surface area contributed by atoms with Crippen molar-refractivity contribution in [1.29, 1.82) is 0 Å². The van der Waals surface area contributed by atoms with Gasteiger partial charge >= 0.3 is 23.9 Å². The molecule has 146 valence electrons. The van der Waals surface area contributed by atoms with Gasteiger partial charge in [0, 0.05) is 25.0 Å². The summed E-state index contributed by atoms with van der Waals surface area (Å²) in [6.45, 7) is 3.92. The average molecular weight is 370 g/mol. The summed E-state index contributed by atoms with van der Waals surface area (Å²) in [4.78, 5) is 44.9. The second-order valence-electron chi connectivity index (χ2n) is 4.98. The van der Waals surface area contributed by atoms with Gasteiger partial charge in [0.2, 0.25) is 0 Å². The molecule has 0 heterocycles. The van der Waals surface area contributed by atoms with Crippen molar-refractivity contribution in [1.82, 2.24) is 0 Å². The van der Waals surface area contributed by atoms with Crippen LogP contribution in [-0.2, 0) is 38.1 Å². The van der Waals surface area contributed by atoms with Crippen LogP contribution in [0.15, 0.2) is 24.3 Å². The standard InChI is InChI=1S/C18H26O8/c1-3-7-15(19)23-11-5-13-25-17(21)9-10-18(22)26-14-6-12-24-16(20)8-4-2/h3-4,7-8H,5-6,9-14H2,1-2H3. The van der Waals surface area contributed by atoms with Gasteiger partial charge in [-0.25, -0.2) is 9.59 Å². The highest BCUT2D eigenvalue weighted by atomic mass is 16.6. The van der Waals surface area contributed by atoms with Crippen molar-refractivity contribution in [2.24, 2.45) is 0 Å². The van der Waals surface area contributed by atoms with Gasteiger partial charge < -0.3 is 18.9 Å². The van der Waals surface area contributed by atoms with E-state index < -0.39 is 23.9 Å². The molecule has 0 amide bonds. The molecule has 0 aromatic rings. The molecule has 0 spiro atoms. The number of ether oxygens (including phenoxy) is 4. The van der Waals surface area contributed by atoms with Crippen molar-refractivity contribution in [3.05, 3.63) is 24.3 Å². The molecule has 0 rings (SSSR count). The summed E-state index contributed by atoms with van der Waals surface area (Å²) in [5, 5.41) is 0. The van der Waals surface area contributed by atoms with Crippen LogP contribution in [0.2, 0.25) is 0 Å². The minimum absolute atomic E-state index is 0.0898. The second kappa shape index (κ2) is 15.9. The topological polar surface area (TPSA) is 105 Å². The van der Waals surface area contributed by atoms with Crippen LogP contribution < -0.4 is 0 Å². The van der Waals surface area contributed by atoms with Crippen LogP contribution in [0.5, 0.6) is 0 Å². The SMILES string of the molecule is CC=CC(=O)OCCCOC(=O)CCC(=O)OCCCOC(=O)C=CC. The van der Waals surface area contributed by atoms with Gasteiger partial charge in [-0.05, 0) is 13.8 Å². The van der Waals surface area contributed by atoms with Crippen LogP contribution in [0.1, 0.15) is 39.5 Å². The van der Waals surface area contributed by atoms with Crippen LogP contribution in [0.3, 0.4) is 0 Å². The summed E-state index contributed by atoms with van der Waals surface area (Å²) in [7, 11) is 0. The lowest BCUT2D eigenvalue weighted by molar-refractivity contribution is -0.151. The predicted octanol–water partition coefficient (Wildman–Crippen LogP) is 1.87. The van der Waals surface area contributed by atoms with Gasteiger partial charge in [0.15, 0.2) is 0 Å². The fourth-order valence-corrected chi connectivity index (χ4v) is 1.55. The van der Waals surface area contributed by atoms with Gasteiger partial charge in [-0.1, -0.05) is 12.2 Å². The van der Waals surface area contributed by atoms with Crippen LogP contribution in [-0.4, -0.2) is 50.3 Å². The van der Waals surface area contributed by atoms with E-state index in [4.69, 9.17) is 18.9 Å². The number of esters is 4. The molecule has 26 heavy (non-hydrogen) atoms. The Morgan fingerprint density at radius 1 is 0.615 bits per heavy atom. The molecule has 0 aromatic carbocycles. The maximum absolute atomic E-state index is 11.4. The highest BCUT2D eigenvalue weighted by Gasteiger charge is 2.09. The van der Waals surface area contributed by atoms with Crippen LogP contribution in [0.25, 0.3) is 0 Å². The number of hydrogen-bond donors (Lipinski definition) is 0. The Labute approximate surface area is 153 Å². The number of carbonyl (C=O) groups is 4. The molecule has 0 bridgehead atoms. The molecule has 8 heteroatoms. The minimum Gasteiger partial charge on any atom is -0.466 e. The first kappa shape index (κ1) is 23.4. The van der Waals surface area contributed by atoms with Gasteiger partial charge in [-0.2, -0.15) is 0 Å². The largest absolute Gasteiger partial charge is 0.466 e. The van der Waals surface area contributed by atoms with Crippen molar-refractivity contribution in [2.45, 2.75) is 39.5 Å². The summed E-state index contributed by atoms with van der Waals surface area (Å²) in [5.74, 6) is -1.94. The third kappa shape index (κ3) is 14.9. The highest BCUT2D eigenvalue weighted by Crippen LogP contribution is 1.98. The maximum atomic E-state index is 11.4. The normalized spacial score (nSPS) is 10.7. The quantitative estimate of drug-likeness (QED) is 0.209. The van der Waals surface area contributed by atoms with E-state index in [0.29, 0.717) is 12.8 Å². The summed E-state index contributed by atoms with van der Waals surface area (Å²) in [5.41, 5.74) is 0. The van der Waals surface area contributed by atoms with Gasteiger partial charge in [-0.15, -0.1) is 0 Å². The van der Waals surface area contributed by atoms with Crippen molar-refractivity contribution in [3.8, 4) is 0 Å². The Hall–Kier alpha value is -2.64. The molecule has 0 aliphatic carbocycles. The van der Waals surface area contributed by atoms with E-state index in [1.54, 1.807) is 26.0 Å². The van der Waals surface area contributed by atoms with Crippen LogP contribution in [0, 0.1) is 0 Å². The maximum Gasteiger partial charge on any atom is 0.330 e. The van der Waals surface area contributed by atoms with E-state index in [1.807, 2.05) is 0 Å². The van der Waals surface area contributed by atoms with E-state index in [1.165, 1.54) is 12.2 Å². The molecule has 0 saturated heterocycles. The third-order valence-electron chi connectivity index (χ3n) is 2.73. The fourth-order valence-electron chi connectivity index (χ4n) is 1.55. The minimum atomic E-state index is -0.526. The number of hydrogen-bond acceptors (Lipinski definition) is 8. The Morgan fingerprint density at radius 3 is 1.31 bits per heavy atom. The fraction of sp³-hybridized carbons (Fsp3) is 0.556. The van der Waals surface area contributed by atoms with Gasteiger partial charge in [0.05, 0.1) is 39.3 Å². The zero-order valence-electron chi connectivity index (χ0n) is 15.2. The van der Waals surface area contributed by atoms with Crippen LogP contribution in [0.4, 0.5) is 0 Å². The zero-order valence-corrected chi connectivity index (χ0v) is 15.2. The molecule has 0 saturated carbocycles. The Kier molecular flexibility index (Phi) is 14.3. The molecule has 0 aromatic heterocycles. The monoisotopic (exact) mass is 370 g/mol. The first-order valence-corrected chi connectivity index (χ1v) is 8.39. The average Bonchev–Trinajstić information content (AvgIpc) is 2.59. The lowest BCUT2D eigenvalue weighted by Gasteiger charge is -2.06. The second-order valence-corrected chi connectivity index (χ2v) is 4.98. The van der Waals surface area contributed by atoms with Crippen molar-refractivity contribution < 1.29 is 38.1 Å². The Balaban J connectivity index is 3.57. The molecular formula is C18H26O8. The van der Waals surface area contributed by atoms with Gasteiger partial charge in [0.1, 0.15) is 0 Å². The number of allylic oxidation sites excluding steroid dienone is 2. The lowest BCUT2D eigenvalue weighted by atomic mass is 10.3. The molecule has 0 radical (unpaired) electrons.